The van der Waals surface area contributed by atoms with Gasteiger partial charge in [0, 0.05) is 7.05 Å². The molecular formula is C14H14N2O4. The lowest BCUT2D eigenvalue weighted by atomic mass is 10.3. The van der Waals surface area contributed by atoms with Crippen LogP contribution in [0.4, 0.5) is 5.69 Å². The van der Waals surface area contributed by atoms with Crippen molar-refractivity contribution in [3.8, 4) is 5.75 Å². The van der Waals surface area contributed by atoms with Crippen LogP contribution in [0.3, 0.4) is 0 Å². The van der Waals surface area contributed by atoms with Gasteiger partial charge in [-0.3, -0.25) is 9.59 Å². The van der Waals surface area contributed by atoms with Gasteiger partial charge in [0.15, 0.2) is 5.76 Å². The number of anilines is 1. The van der Waals surface area contributed by atoms with Gasteiger partial charge in [-0.15, -0.1) is 0 Å². The number of aromatic hydroxyl groups is 1. The lowest BCUT2D eigenvalue weighted by Gasteiger charge is -2.15. The highest BCUT2D eigenvalue weighted by Crippen LogP contribution is 2.21. The second-order valence-corrected chi connectivity index (χ2v) is 4.20. The fourth-order valence-corrected chi connectivity index (χ4v) is 1.64. The number of nitrogens with zero attached hydrogens (tertiary/aromatic N) is 1. The van der Waals surface area contributed by atoms with Crippen LogP contribution in [-0.4, -0.2) is 35.4 Å². The third-order valence-corrected chi connectivity index (χ3v) is 2.64. The van der Waals surface area contributed by atoms with Crippen LogP contribution in [0.25, 0.3) is 0 Å². The Bertz CT molecular complexity index is 607. The Hall–Kier alpha value is -2.76. The number of likely N-dealkylation sites (N-methyl/N-ethyl adjacent to an activating group) is 1. The molecule has 0 radical (unpaired) electrons. The quantitative estimate of drug-likeness (QED) is 0.831. The number of carbonyl (C=O) groups excluding carboxylic acids is 2. The van der Waals surface area contributed by atoms with Gasteiger partial charge in [-0.1, -0.05) is 12.1 Å². The molecule has 2 aromatic rings. The number of phenols is 1. The van der Waals surface area contributed by atoms with Crippen LogP contribution in [0.1, 0.15) is 10.6 Å². The first kappa shape index (κ1) is 13.7. The van der Waals surface area contributed by atoms with Crippen molar-refractivity contribution in [3.05, 3.63) is 48.4 Å². The van der Waals surface area contributed by atoms with Crippen molar-refractivity contribution in [2.45, 2.75) is 0 Å². The van der Waals surface area contributed by atoms with Gasteiger partial charge >= 0.3 is 0 Å². The minimum Gasteiger partial charge on any atom is -0.506 e. The van der Waals surface area contributed by atoms with Gasteiger partial charge < -0.3 is 19.7 Å². The van der Waals surface area contributed by atoms with Gasteiger partial charge in [0.2, 0.25) is 5.91 Å². The minimum atomic E-state index is -0.408. The summed E-state index contributed by atoms with van der Waals surface area (Å²) in [4.78, 5) is 24.9. The van der Waals surface area contributed by atoms with Crippen molar-refractivity contribution in [1.29, 1.82) is 0 Å². The van der Waals surface area contributed by atoms with Crippen molar-refractivity contribution in [3.63, 3.8) is 0 Å². The van der Waals surface area contributed by atoms with Gasteiger partial charge in [-0.05, 0) is 24.3 Å². The van der Waals surface area contributed by atoms with E-state index in [1.54, 1.807) is 24.3 Å². The first-order valence-electron chi connectivity index (χ1n) is 5.94. The maximum absolute atomic E-state index is 11.9. The molecule has 0 spiro atoms. The molecule has 0 atom stereocenters. The summed E-state index contributed by atoms with van der Waals surface area (Å²) in [7, 11) is 1.50. The Kier molecular flexibility index (Phi) is 4.05. The van der Waals surface area contributed by atoms with Crippen LogP contribution in [0.15, 0.2) is 47.1 Å². The molecule has 0 bridgehead atoms. The number of para-hydroxylation sites is 2. The lowest BCUT2D eigenvalue weighted by molar-refractivity contribution is -0.116. The second-order valence-electron chi connectivity index (χ2n) is 4.20. The Morgan fingerprint density at radius 2 is 2.00 bits per heavy atom. The molecule has 6 nitrogen and oxygen atoms in total. The van der Waals surface area contributed by atoms with Gasteiger partial charge in [0.05, 0.1) is 18.5 Å². The predicted octanol–water partition coefficient (Wildman–Crippen LogP) is 1.70. The Labute approximate surface area is 115 Å². The topological polar surface area (TPSA) is 82.8 Å². The lowest BCUT2D eigenvalue weighted by Crippen LogP contribution is -2.34. The average molecular weight is 274 g/mol. The Morgan fingerprint density at radius 1 is 1.25 bits per heavy atom. The normalized spacial score (nSPS) is 10.1. The maximum Gasteiger partial charge on any atom is 0.289 e. The highest BCUT2D eigenvalue weighted by Gasteiger charge is 2.17. The van der Waals surface area contributed by atoms with Crippen molar-refractivity contribution in [2.24, 2.45) is 0 Å². The molecule has 0 aliphatic rings. The van der Waals surface area contributed by atoms with Crippen molar-refractivity contribution < 1.29 is 19.1 Å². The van der Waals surface area contributed by atoms with E-state index in [1.807, 2.05) is 0 Å². The molecule has 20 heavy (non-hydrogen) atoms. The summed E-state index contributed by atoms with van der Waals surface area (Å²) in [5, 5.41) is 12.1. The van der Waals surface area contributed by atoms with Gasteiger partial charge in [0.1, 0.15) is 5.75 Å². The molecule has 0 saturated heterocycles. The van der Waals surface area contributed by atoms with Gasteiger partial charge in [-0.2, -0.15) is 0 Å². The van der Waals surface area contributed by atoms with Crippen LogP contribution in [0, 0.1) is 0 Å². The zero-order valence-corrected chi connectivity index (χ0v) is 10.9. The molecule has 1 aromatic heterocycles. The van der Waals surface area contributed by atoms with E-state index in [-0.39, 0.29) is 24.0 Å². The van der Waals surface area contributed by atoms with Crippen molar-refractivity contribution in [2.75, 3.05) is 18.9 Å². The van der Waals surface area contributed by atoms with Crippen LogP contribution in [0.5, 0.6) is 5.75 Å². The van der Waals surface area contributed by atoms with Crippen LogP contribution in [-0.2, 0) is 4.79 Å². The van der Waals surface area contributed by atoms with E-state index in [0.717, 1.165) is 0 Å². The van der Waals surface area contributed by atoms with Gasteiger partial charge in [-0.25, -0.2) is 0 Å². The van der Waals surface area contributed by atoms with E-state index in [4.69, 9.17) is 4.42 Å². The fourth-order valence-electron chi connectivity index (χ4n) is 1.64. The zero-order valence-electron chi connectivity index (χ0n) is 10.9. The number of benzene rings is 1. The molecule has 1 aromatic carbocycles. The minimum absolute atomic E-state index is 0.0270. The monoisotopic (exact) mass is 274 g/mol. The van der Waals surface area contributed by atoms with E-state index >= 15 is 0 Å². The molecule has 0 aliphatic carbocycles. The number of nitrogens with one attached hydrogen (secondary N) is 1. The van der Waals surface area contributed by atoms with E-state index in [1.165, 1.54) is 30.3 Å². The molecule has 0 aliphatic heterocycles. The van der Waals surface area contributed by atoms with Crippen LogP contribution in [0.2, 0.25) is 0 Å². The predicted molar refractivity (Wildman–Crippen MR) is 72.4 cm³/mol. The number of phenolic OH excluding ortho intramolecular Hbond substituents is 1. The molecule has 2 N–H and O–H groups in total. The molecule has 104 valence electrons. The number of hydrogen-bond acceptors (Lipinski definition) is 4. The molecule has 0 saturated carbocycles. The maximum atomic E-state index is 11.9. The van der Waals surface area contributed by atoms with E-state index in [0.29, 0.717) is 5.69 Å². The number of rotatable bonds is 4. The number of furan rings is 1. The average Bonchev–Trinajstić information content (AvgIpc) is 2.94. The standard InChI is InChI=1S/C14H14N2O4/c1-16(14(19)12-7-4-8-20-12)9-13(18)15-10-5-2-3-6-11(10)17/h2-8,17H,9H2,1H3,(H,15,18). The largest absolute Gasteiger partial charge is 0.506 e. The second kappa shape index (κ2) is 5.92. The fraction of sp³-hybridized carbons (Fsp3) is 0.143. The van der Waals surface area contributed by atoms with E-state index in [9.17, 15) is 14.7 Å². The Balaban J connectivity index is 1.95. The van der Waals surface area contributed by atoms with Crippen LogP contribution >= 0.6 is 0 Å². The molecule has 6 heteroatoms. The number of amides is 2. The van der Waals surface area contributed by atoms with Crippen LogP contribution < -0.4 is 5.32 Å². The summed E-state index contributed by atoms with van der Waals surface area (Å²) in [6.45, 7) is -0.145. The summed E-state index contributed by atoms with van der Waals surface area (Å²) < 4.78 is 4.97. The zero-order chi connectivity index (χ0) is 14.5. The third-order valence-electron chi connectivity index (χ3n) is 2.64. The number of hydrogen-bond donors (Lipinski definition) is 2. The number of carbonyl (C=O) groups is 2. The summed E-state index contributed by atoms with van der Waals surface area (Å²) in [5.41, 5.74) is 0.302. The summed E-state index contributed by atoms with van der Waals surface area (Å²) in [6, 6.07) is 9.50. The third kappa shape index (κ3) is 3.17. The summed E-state index contributed by atoms with van der Waals surface area (Å²) in [6.07, 6.45) is 1.39. The smallest absolute Gasteiger partial charge is 0.289 e. The summed E-state index contributed by atoms with van der Waals surface area (Å²) >= 11 is 0. The van der Waals surface area contributed by atoms with E-state index in [2.05, 4.69) is 5.32 Å². The van der Waals surface area contributed by atoms with E-state index < -0.39 is 5.91 Å². The van der Waals surface area contributed by atoms with Crippen molar-refractivity contribution >= 4 is 17.5 Å². The van der Waals surface area contributed by atoms with Crippen molar-refractivity contribution in [1.82, 2.24) is 4.90 Å². The first-order chi connectivity index (χ1) is 9.58. The molecule has 2 amide bonds. The molecule has 2 rings (SSSR count). The highest BCUT2D eigenvalue weighted by molar-refractivity contribution is 5.98. The molecule has 0 unspecified atom stereocenters. The highest BCUT2D eigenvalue weighted by atomic mass is 16.3. The molecular weight excluding hydrogens is 260 g/mol. The first-order valence-corrected chi connectivity index (χ1v) is 5.94. The SMILES string of the molecule is CN(CC(=O)Nc1ccccc1O)C(=O)c1ccco1. The molecule has 0 fully saturated rings. The summed E-state index contributed by atoms with van der Waals surface area (Å²) in [5.74, 6) is -0.653. The Morgan fingerprint density at radius 3 is 2.65 bits per heavy atom. The molecule has 1 heterocycles. The van der Waals surface area contributed by atoms with Gasteiger partial charge in [0.25, 0.3) is 5.91 Å².